The summed E-state index contributed by atoms with van der Waals surface area (Å²) in [7, 11) is -3.79. The number of hydrogen-bond acceptors (Lipinski definition) is 3. The largest absolute Gasteiger partial charge is 0.510 e. The Morgan fingerprint density at radius 3 is 2.35 bits per heavy atom. The zero-order valence-corrected chi connectivity index (χ0v) is 16.7. The molecule has 0 fully saturated rings. The number of aliphatic hydroxyl groups excluding tert-OH is 1. The third-order valence-corrected chi connectivity index (χ3v) is 7.08. The molecule has 0 saturated heterocycles. The Balaban J connectivity index is 2.23. The number of aliphatic hydroxyl groups is 1. The van der Waals surface area contributed by atoms with E-state index in [0.29, 0.717) is 21.7 Å². The maximum Gasteiger partial charge on any atom is 0.261 e. The molecule has 0 amide bonds. The number of benzene rings is 2. The van der Waals surface area contributed by atoms with Crippen molar-refractivity contribution in [2.24, 2.45) is 5.92 Å². The van der Waals surface area contributed by atoms with Crippen molar-refractivity contribution in [2.75, 3.05) is 0 Å². The predicted molar refractivity (Wildman–Crippen MR) is 105 cm³/mol. The lowest BCUT2D eigenvalue weighted by molar-refractivity contribution is 0.411. The molecule has 2 N–H and O–H groups in total. The van der Waals surface area contributed by atoms with Crippen LogP contribution < -0.4 is 15.2 Å². The summed E-state index contributed by atoms with van der Waals surface area (Å²) in [6, 6.07) is 12.3. The van der Waals surface area contributed by atoms with Crippen LogP contribution in [0.2, 0.25) is 0 Å². The Morgan fingerprint density at radius 1 is 1.12 bits per heavy atom. The van der Waals surface area contributed by atoms with Crippen LogP contribution in [0.5, 0.6) is 0 Å². The van der Waals surface area contributed by atoms with Crippen molar-refractivity contribution in [3.05, 3.63) is 64.0 Å². The lowest BCUT2D eigenvalue weighted by Crippen LogP contribution is -2.49. The molecule has 1 unspecified atom stereocenters. The first-order valence-electron chi connectivity index (χ1n) is 8.37. The Bertz CT molecular complexity index is 1100. The van der Waals surface area contributed by atoms with Gasteiger partial charge >= 0.3 is 0 Å². The van der Waals surface area contributed by atoms with E-state index in [9.17, 15) is 13.5 Å². The Labute approximate surface area is 158 Å². The molecular formula is C20H22ClNO3S. The number of alkyl halides is 1. The van der Waals surface area contributed by atoms with E-state index in [-0.39, 0.29) is 10.7 Å². The van der Waals surface area contributed by atoms with E-state index in [1.807, 2.05) is 13.0 Å². The molecule has 4 nitrogen and oxygen atoms in total. The number of sulfonamides is 1. The summed E-state index contributed by atoms with van der Waals surface area (Å²) in [5.74, 6) is -0.378. The van der Waals surface area contributed by atoms with Crippen LogP contribution in [0.3, 0.4) is 0 Å². The van der Waals surface area contributed by atoms with E-state index in [2.05, 4.69) is 4.72 Å². The Hall–Kier alpha value is -1.98. The molecule has 2 aromatic rings. The van der Waals surface area contributed by atoms with Gasteiger partial charge in [-0.3, -0.25) is 4.72 Å². The van der Waals surface area contributed by atoms with Crippen molar-refractivity contribution in [1.29, 1.82) is 0 Å². The fourth-order valence-corrected chi connectivity index (χ4v) is 4.97. The van der Waals surface area contributed by atoms with Gasteiger partial charge in [-0.1, -0.05) is 48.9 Å². The standard InChI is InChI=1S/C20H22ClNO3S/c1-12-9-10-17(13(2)11-12)26(24,25)22-18-14(3)20(4,21)19(23)16-8-6-5-7-15(16)18/h5-11,14,22-23H,1-4H3/t14-,20?/m1/s1. The van der Waals surface area contributed by atoms with E-state index in [1.54, 1.807) is 57.2 Å². The van der Waals surface area contributed by atoms with Crippen LogP contribution in [0.1, 0.15) is 25.0 Å². The van der Waals surface area contributed by atoms with Gasteiger partial charge in [-0.25, -0.2) is 8.42 Å². The summed E-state index contributed by atoms with van der Waals surface area (Å²) in [6.07, 6.45) is 0. The van der Waals surface area contributed by atoms with Gasteiger partial charge in [0.1, 0.15) is 10.6 Å². The van der Waals surface area contributed by atoms with Crippen molar-refractivity contribution in [1.82, 2.24) is 4.72 Å². The van der Waals surface area contributed by atoms with E-state index in [1.165, 1.54) is 0 Å². The van der Waals surface area contributed by atoms with Crippen LogP contribution in [0, 0.1) is 19.8 Å². The van der Waals surface area contributed by atoms with Crippen LogP contribution in [0.4, 0.5) is 0 Å². The number of fused-ring (bicyclic) bond motifs is 1. The summed E-state index contributed by atoms with van der Waals surface area (Å²) in [5.41, 5.74) is 2.16. The van der Waals surface area contributed by atoms with Crippen LogP contribution >= 0.6 is 11.6 Å². The highest BCUT2D eigenvalue weighted by molar-refractivity contribution is 7.89. The third-order valence-electron chi connectivity index (χ3n) is 5.05. The van der Waals surface area contributed by atoms with Crippen molar-refractivity contribution in [3.8, 4) is 0 Å². The number of rotatable bonds is 3. The van der Waals surface area contributed by atoms with Crippen molar-refractivity contribution >= 4 is 33.1 Å². The minimum atomic E-state index is -3.79. The van der Waals surface area contributed by atoms with E-state index in [0.717, 1.165) is 5.56 Å². The Kier molecular flexibility index (Phi) is 4.57. The first-order valence-corrected chi connectivity index (χ1v) is 10.2. The first kappa shape index (κ1) is 18.8. The minimum absolute atomic E-state index is 0.0525. The maximum absolute atomic E-state index is 13.0. The van der Waals surface area contributed by atoms with Gasteiger partial charge in [-0.05, 0) is 32.4 Å². The normalized spacial score (nSPS) is 22.9. The van der Waals surface area contributed by atoms with Gasteiger partial charge in [0.15, 0.2) is 0 Å². The van der Waals surface area contributed by atoms with Crippen LogP contribution in [0.25, 0.3) is 11.5 Å². The number of hydrogen-bond donors (Lipinski definition) is 2. The molecular weight excluding hydrogens is 370 g/mol. The number of aryl methyl sites for hydroxylation is 2. The molecule has 26 heavy (non-hydrogen) atoms. The average Bonchev–Trinajstić information content (AvgIpc) is 2.57. The van der Waals surface area contributed by atoms with Gasteiger partial charge < -0.3 is 5.11 Å². The van der Waals surface area contributed by atoms with Crippen LogP contribution in [-0.4, -0.2) is 18.4 Å². The maximum atomic E-state index is 13.0. The second-order valence-electron chi connectivity index (χ2n) is 6.98. The van der Waals surface area contributed by atoms with Gasteiger partial charge in [0.25, 0.3) is 10.0 Å². The van der Waals surface area contributed by atoms with Gasteiger partial charge in [0, 0.05) is 22.1 Å². The molecule has 6 heteroatoms. The number of nitrogens with one attached hydrogen (secondary N) is 1. The molecule has 0 saturated carbocycles. The highest BCUT2D eigenvalue weighted by atomic mass is 35.5. The fraction of sp³-hybridized carbons (Fsp3) is 0.300. The van der Waals surface area contributed by atoms with Gasteiger partial charge in [-0.2, -0.15) is 0 Å². The topological polar surface area (TPSA) is 66.4 Å². The second-order valence-corrected chi connectivity index (χ2v) is 9.42. The van der Waals surface area contributed by atoms with E-state index in [4.69, 9.17) is 11.6 Å². The quantitative estimate of drug-likeness (QED) is 0.790. The van der Waals surface area contributed by atoms with Crippen molar-refractivity contribution in [3.63, 3.8) is 0 Å². The molecule has 0 aliphatic heterocycles. The molecule has 0 heterocycles. The summed E-state index contributed by atoms with van der Waals surface area (Å²) in [5, 5.41) is 11.7. The summed E-state index contributed by atoms with van der Waals surface area (Å²) in [6.45, 7) is 7.19. The molecule has 0 radical (unpaired) electrons. The minimum Gasteiger partial charge on any atom is -0.510 e. The van der Waals surface area contributed by atoms with Gasteiger partial charge in [0.2, 0.25) is 0 Å². The summed E-state index contributed by atoms with van der Waals surface area (Å²) >= 11 is 6.58. The lowest BCUT2D eigenvalue weighted by Gasteiger charge is -2.34. The highest BCUT2D eigenvalue weighted by Crippen LogP contribution is 2.37. The molecule has 2 atom stereocenters. The van der Waals surface area contributed by atoms with Gasteiger partial charge in [0.05, 0.1) is 4.90 Å². The van der Waals surface area contributed by atoms with Crippen molar-refractivity contribution in [2.45, 2.75) is 37.5 Å². The van der Waals surface area contributed by atoms with Crippen LogP contribution in [0.15, 0.2) is 47.4 Å². The molecule has 2 aromatic carbocycles. The van der Waals surface area contributed by atoms with Gasteiger partial charge in [-0.15, -0.1) is 11.6 Å². The summed E-state index contributed by atoms with van der Waals surface area (Å²) in [4.78, 5) is -0.871. The third kappa shape index (κ3) is 2.99. The predicted octanol–water partition coefficient (Wildman–Crippen LogP) is 2.70. The zero-order chi connectivity index (χ0) is 19.3. The van der Waals surface area contributed by atoms with Crippen LogP contribution in [-0.2, 0) is 10.0 Å². The SMILES string of the molecule is Cc1ccc(S(=O)(=O)NC2=c3ccccc3=C(O)C(C)(Cl)[C@@H]2C)c(C)c1. The summed E-state index contributed by atoms with van der Waals surface area (Å²) < 4.78 is 28.8. The molecule has 1 aliphatic carbocycles. The average molecular weight is 392 g/mol. The zero-order valence-electron chi connectivity index (χ0n) is 15.2. The van der Waals surface area contributed by atoms with E-state index >= 15 is 0 Å². The molecule has 0 spiro atoms. The van der Waals surface area contributed by atoms with Crippen molar-refractivity contribution < 1.29 is 13.5 Å². The fourth-order valence-electron chi connectivity index (χ4n) is 3.34. The molecule has 1 aliphatic rings. The lowest BCUT2D eigenvalue weighted by atomic mass is 9.84. The smallest absolute Gasteiger partial charge is 0.261 e. The monoisotopic (exact) mass is 391 g/mol. The molecule has 138 valence electrons. The molecule has 0 bridgehead atoms. The number of halogens is 1. The molecule has 3 rings (SSSR count). The Morgan fingerprint density at radius 2 is 1.73 bits per heavy atom. The first-order chi connectivity index (χ1) is 12.1. The highest BCUT2D eigenvalue weighted by Gasteiger charge is 2.40. The van der Waals surface area contributed by atoms with E-state index < -0.39 is 20.8 Å². The molecule has 0 aromatic heterocycles. The second kappa shape index (κ2) is 6.32.